The number of rotatable bonds is 2. The van der Waals surface area contributed by atoms with E-state index < -0.39 is 23.7 Å². The van der Waals surface area contributed by atoms with Gasteiger partial charge in [-0.3, -0.25) is 0 Å². The molecule has 0 heterocycles. The molecule has 0 bridgehead atoms. The van der Waals surface area contributed by atoms with E-state index in [0.717, 1.165) is 12.1 Å². The van der Waals surface area contributed by atoms with Gasteiger partial charge in [-0.25, -0.2) is 8.78 Å². The Kier molecular flexibility index (Phi) is 4.44. The molecule has 0 nitrogen and oxygen atoms in total. The van der Waals surface area contributed by atoms with Crippen LogP contribution in [0.1, 0.15) is 17.6 Å². The summed E-state index contributed by atoms with van der Waals surface area (Å²) in [7, 11) is 0. The topological polar surface area (TPSA) is 0 Å². The third kappa shape index (κ3) is 3.30. The summed E-state index contributed by atoms with van der Waals surface area (Å²) >= 11 is 11.8. The van der Waals surface area contributed by atoms with Gasteiger partial charge in [0, 0.05) is 21.2 Å². The quantitative estimate of drug-likeness (QED) is 0.539. The van der Waals surface area contributed by atoms with Crippen molar-refractivity contribution in [3.8, 4) is 11.1 Å². The molecule has 2 aromatic carbocycles. The van der Waals surface area contributed by atoms with Gasteiger partial charge in [-0.1, -0.05) is 41.4 Å². The maximum absolute atomic E-state index is 13.1. The number of halogens is 7. The second-order valence-corrected chi connectivity index (χ2v) is 5.01. The zero-order valence-corrected chi connectivity index (χ0v) is 11.7. The Morgan fingerprint density at radius 3 is 1.95 bits per heavy atom. The van der Waals surface area contributed by atoms with Crippen molar-refractivity contribution in [2.24, 2.45) is 0 Å². The fourth-order valence-corrected chi connectivity index (χ4v) is 2.51. The molecule has 0 amide bonds. The largest absolute Gasteiger partial charge is 0.417 e. The molecule has 7 heteroatoms. The summed E-state index contributed by atoms with van der Waals surface area (Å²) in [6.45, 7) is 0. The average molecular weight is 341 g/mol. The normalized spacial score (nSPS) is 12.0. The van der Waals surface area contributed by atoms with Crippen LogP contribution in [-0.4, -0.2) is 0 Å². The maximum atomic E-state index is 13.1. The van der Waals surface area contributed by atoms with Gasteiger partial charge < -0.3 is 0 Å². The molecule has 0 saturated heterocycles. The molecule has 21 heavy (non-hydrogen) atoms. The second kappa shape index (κ2) is 5.81. The molecule has 0 saturated carbocycles. The van der Waals surface area contributed by atoms with Crippen LogP contribution in [-0.2, 0) is 6.18 Å². The second-order valence-electron chi connectivity index (χ2n) is 4.20. The molecular formula is C14H7Cl2F5. The summed E-state index contributed by atoms with van der Waals surface area (Å²) in [5, 5.41) is 0.0237. The summed E-state index contributed by atoms with van der Waals surface area (Å²) in [6.07, 6.45) is -7.80. The van der Waals surface area contributed by atoms with Gasteiger partial charge in [-0.05, 0) is 23.8 Å². The van der Waals surface area contributed by atoms with Crippen LogP contribution < -0.4 is 0 Å². The van der Waals surface area contributed by atoms with Crippen LogP contribution in [0.4, 0.5) is 22.0 Å². The molecule has 2 aromatic rings. The van der Waals surface area contributed by atoms with Crippen LogP contribution in [0.5, 0.6) is 0 Å². The van der Waals surface area contributed by atoms with Crippen LogP contribution in [0.2, 0.25) is 10.0 Å². The van der Waals surface area contributed by atoms with Crippen molar-refractivity contribution in [1.29, 1.82) is 0 Å². The van der Waals surface area contributed by atoms with Gasteiger partial charge in [-0.2, -0.15) is 13.2 Å². The Bertz CT molecular complexity index is 645. The lowest BCUT2D eigenvalue weighted by Gasteiger charge is -2.16. The van der Waals surface area contributed by atoms with Gasteiger partial charge in [0.05, 0.1) is 5.56 Å². The zero-order valence-electron chi connectivity index (χ0n) is 10.2. The number of hydrogen-bond acceptors (Lipinski definition) is 0. The average Bonchev–Trinajstić information content (AvgIpc) is 2.37. The Labute approximate surface area is 127 Å². The molecule has 0 aliphatic rings. The fraction of sp³-hybridized carbons (Fsp3) is 0.143. The Morgan fingerprint density at radius 2 is 1.48 bits per heavy atom. The lowest BCUT2D eigenvalue weighted by atomic mass is 9.97. The van der Waals surface area contributed by atoms with Gasteiger partial charge in [0.25, 0.3) is 6.43 Å². The van der Waals surface area contributed by atoms with E-state index in [-0.39, 0.29) is 21.2 Å². The van der Waals surface area contributed by atoms with Crippen LogP contribution in [0.25, 0.3) is 11.1 Å². The smallest absolute Gasteiger partial charge is 0.205 e. The van der Waals surface area contributed by atoms with Gasteiger partial charge in [0.1, 0.15) is 0 Å². The third-order valence-electron chi connectivity index (χ3n) is 2.83. The summed E-state index contributed by atoms with van der Waals surface area (Å²) in [5.41, 5.74) is -2.28. The standard InChI is InChI=1S/C14H7Cl2F5/c15-10-2-1-3-11(16)12(10)8-5-4-7(13(17)18)6-9(8)14(19,20)21/h1-6,13H. The van der Waals surface area contributed by atoms with Gasteiger partial charge >= 0.3 is 6.18 Å². The lowest BCUT2D eigenvalue weighted by molar-refractivity contribution is -0.137. The molecule has 112 valence electrons. The fourth-order valence-electron chi connectivity index (χ4n) is 1.91. The summed E-state index contributed by atoms with van der Waals surface area (Å²) in [6, 6.07) is 6.54. The number of alkyl halides is 5. The van der Waals surface area contributed by atoms with Gasteiger partial charge in [-0.15, -0.1) is 0 Å². The van der Waals surface area contributed by atoms with Gasteiger partial charge in [0.2, 0.25) is 0 Å². The minimum atomic E-state index is -4.80. The van der Waals surface area contributed by atoms with Crippen molar-refractivity contribution in [3.05, 3.63) is 57.6 Å². The minimum Gasteiger partial charge on any atom is -0.205 e. The first-order valence-electron chi connectivity index (χ1n) is 5.65. The predicted octanol–water partition coefficient (Wildman–Crippen LogP) is 6.62. The van der Waals surface area contributed by atoms with Crippen molar-refractivity contribution >= 4 is 23.2 Å². The van der Waals surface area contributed by atoms with E-state index in [1.807, 2.05) is 0 Å². The van der Waals surface area contributed by atoms with E-state index >= 15 is 0 Å². The summed E-state index contributed by atoms with van der Waals surface area (Å²) in [5.74, 6) is 0. The zero-order chi connectivity index (χ0) is 15.8. The van der Waals surface area contributed by atoms with E-state index in [1.165, 1.54) is 18.2 Å². The Morgan fingerprint density at radius 1 is 0.905 bits per heavy atom. The Balaban J connectivity index is 2.75. The molecule has 0 unspecified atom stereocenters. The first-order chi connectivity index (χ1) is 9.71. The molecule has 0 aromatic heterocycles. The maximum Gasteiger partial charge on any atom is 0.417 e. The monoisotopic (exact) mass is 340 g/mol. The van der Waals surface area contributed by atoms with Crippen molar-refractivity contribution in [3.63, 3.8) is 0 Å². The summed E-state index contributed by atoms with van der Waals surface area (Å²) < 4.78 is 64.5. The van der Waals surface area contributed by atoms with Crippen LogP contribution >= 0.6 is 23.2 Å². The van der Waals surface area contributed by atoms with E-state index in [2.05, 4.69) is 0 Å². The highest BCUT2D eigenvalue weighted by Gasteiger charge is 2.35. The van der Waals surface area contributed by atoms with Crippen molar-refractivity contribution < 1.29 is 22.0 Å². The van der Waals surface area contributed by atoms with Crippen LogP contribution in [0.3, 0.4) is 0 Å². The van der Waals surface area contributed by atoms with Gasteiger partial charge in [0.15, 0.2) is 0 Å². The van der Waals surface area contributed by atoms with Crippen LogP contribution in [0, 0.1) is 0 Å². The molecule has 0 atom stereocenters. The first kappa shape index (κ1) is 16.0. The van der Waals surface area contributed by atoms with E-state index in [4.69, 9.17) is 23.2 Å². The molecule has 0 N–H and O–H groups in total. The molecule has 0 fully saturated rings. The first-order valence-corrected chi connectivity index (χ1v) is 6.41. The van der Waals surface area contributed by atoms with E-state index in [9.17, 15) is 22.0 Å². The number of benzene rings is 2. The van der Waals surface area contributed by atoms with E-state index in [1.54, 1.807) is 0 Å². The van der Waals surface area contributed by atoms with E-state index in [0.29, 0.717) is 6.07 Å². The lowest BCUT2D eigenvalue weighted by Crippen LogP contribution is -2.08. The predicted molar refractivity (Wildman–Crippen MR) is 71.9 cm³/mol. The van der Waals surface area contributed by atoms with Crippen molar-refractivity contribution in [2.75, 3.05) is 0 Å². The minimum absolute atomic E-state index is 0.0118. The van der Waals surface area contributed by atoms with Crippen molar-refractivity contribution in [1.82, 2.24) is 0 Å². The molecule has 2 rings (SSSR count). The highest BCUT2D eigenvalue weighted by Crippen LogP contribution is 2.43. The number of hydrogen-bond donors (Lipinski definition) is 0. The SMILES string of the molecule is FC(F)c1ccc(-c2c(Cl)cccc2Cl)c(C(F)(F)F)c1. The highest BCUT2D eigenvalue weighted by atomic mass is 35.5. The van der Waals surface area contributed by atoms with Crippen molar-refractivity contribution in [2.45, 2.75) is 12.6 Å². The van der Waals surface area contributed by atoms with Crippen LogP contribution in [0.15, 0.2) is 36.4 Å². The molecule has 0 spiro atoms. The Hall–Kier alpha value is -1.33. The molecular weight excluding hydrogens is 334 g/mol. The third-order valence-corrected chi connectivity index (χ3v) is 3.46. The highest BCUT2D eigenvalue weighted by molar-refractivity contribution is 6.39. The molecule has 0 aliphatic carbocycles. The molecule has 0 radical (unpaired) electrons. The summed E-state index contributed by atoms with van der Waals surface area (Å²) in [4.78, 5) is 0. The molecule has 0 aliphatic heterocycles.